The molecule has 0 saturated heterocycles. The molecule has 0 aliphatic heterocycles. The number of aromatic nitrogens is 2. The number of hydrogen-bond donors (Lipinski definition) is 0. The fourth-order valence-electron chi connectivity index (χ4n) is 2.37. The number of nitrogens with zero attached hydrogens (tertiary/aromatic N) is 3. The van der Waals surface area contributed by atoms with Gasteiger partial charge in [0.05, 0.1) is 6.54 Å². The molecule has 3 aromatic rings. The zero-order valence-electron chi connectivity index (χ0n) is 14.3. The summed E-state index contributed by atoms with van der Waals surface area (Å²) in [4.78, 5) is 2.07. The molecule has 0 unspecified atom stereocenters. The molecule has 0 bridgehead atoms. The summed E-state index contributed by atoms with van der Waals surface area (Å²) in [6, 6.07) is 15.3. The van der Waals surface area contributed by atoms with E-state index in [-0.39, 0.29) is 0 Å². The van der Waals surface area contributed by atoms with Gasteiger partial charge in [0.15, 0.2) is 0 Å². The van der Waals surface area contributed by atoms with Crippen molar-refractivity contribution >= 4 is 11.6 Å². The van der Waals surface area contributed by atoms with E-state index in [1.165, 1.54) is 0 Å². The molecule has 0 fully saturated rings. The van der Waals surface area contributed by atoms with Gasteiger partial charge < -0.3 is 9.15 Å². The van der Waals surface area contributed by atoms with E-state index in [1.54, 1.807) is 0 Å². The molecule has 0 N–H and O–H groups in total. The molecular weight excluding hydrogens is 338 g/mol. The van der Waals surface area contributed by atoms with Crippen LogP contribution < -0.4 is 4.74 Å². The Morgan fingerprint density at radius 3 is 2.68 bits per heavy atom. The molecule has 0 aliphatic carbocycles. The maximum atomic E-state index is 5.85. The maximum Gasteiger partial charge on any atom is 0.247 e. The highest BCUT2D eigenvalue weighted by Gasteiger charge is 2.11. The fraction of sp³-hybridized carbons (Fsp3) is 0.263. The molecule has 5 nitrogen and oxygen atoms in total. The van der Waals surface area contributed by atoms with Crippen LogP contribution in [0.4, 0.5) is 0 Å². The highest BCUT2D eigenvalue weighted by atomic mass is 35.5. The van der Waals surface area contributed by atoms with Gasteiger partial charge in [0.1, 0.15) is 12.4 Å². The number of halogens is 1. The van der Waals surface area contributed by atoms with Crippen molar-refractivity contribution in [3.05, 3.63) is 65.0 Å². The van der Waals surface area contributed by atoms with Crippen molar-refractivity contribution in [1.82, 2.24) is 15.1 Å². The summed E-state index contributed by atoms with van der Waals surface area (Å²) < 4.78 is 11.4. The van der Waals surface area contributed by atoms with E-state index in [1.807, 2.05) is 62.5 Å². The molecule has 25 heavy (non-hydrogen) atoms. The van der Waals surface area contributed by atoms with Crippen molar-refractivity contribution < 1.29 is 9.15 Å². The van der Waals surface area contributed by atoms with Gasteiger partial charge >= 0.3 is 0 Å². The summed E-state index contributed by atoms with van der Waals surface area (Å²) in [7, 11) is 1.99. The van der Waals surface area contributed by atoms with Crippen molar-refractivity contribution in [2.24, 2.45) is 0 Å². The third kappa shape index (κ3) is 5.05. The summed E-state index contributed by atoms with van der Waals surface area (Å²) in [6.45, 7) is 3.92. The minimum atomic E-state index is 0.546. The SMILES string of the molecule is Cc1cccc(-c2nnc(CN(C)CCOc3ccc(Cl)cc3)o2)c1. The third-order valence-electron chi connectivity index (χ3n) is 3.69. The summed E-state index contributed by atoms with van der Waals surface area (Å²) in [5, 5.41) is 8.95. The number of ether oxygens (including phenoxy) is 1. The fourth-order valence-corrected chi connectivity index (χ4v) is 2.50. The van der Waals surface area contributed by atoms with E-state index < -0.39 is 0 Å². The Morgan fingerprint density at radius 1 is 1.12 bits per heavy atom. The Morgan fingerprint density at radius 2 is 1.92 bits per heavy atom. The first-order valence-electron chi connectivity index (χ1n) is 8.06. The Hall–Kier alpha value is -2.37. The highest BCUT2D eigenvalue weighted by Crippen LogP contribution is 2.19. The van der Waals surface area contributed by atoms with Crippen LogP contribution >= 0.6 is 11.6 Å². The van der Waals surface area contributed by atoms with Gasteiger partial charge in [0.2, 0.25) is 11.8 Å². The van der Waals surface area contributed by atoms with Crippen molar-refractivity contribution in [2.45, 2.75) is 13.5 Å². The van der Waals surface area contributed by atoms with Crippen LogP contribution in [0, 0.1) is 6.92 Å². The predicted molar refractivity (Wildman–Crippen MR) is 97.8 cm³/mol. The summed E-state index contributed by atoms with van der Waals surface area (Å²) in [6.07, 6.45) is 0. The molecule has 6 heteroatoms. The lowest BCUT2D eigenvalue weighted by molar-refractivity contribution is 0.220. The molecule has 1 aromatic heterocycles. The van der Waals surface area contributed by atoms with Gasteiger partial charge in [-0.05, 0) is 50.4 Å². The zero-order valence-corrected chi connectivity index (χ0v) is 15.0. The van der Waals surface area contributed by atoms with Crippen molar-refractivity contribution in [2.75, 3.05) is 20.2 Å². The van der Waals surface area contributed by atoms with E-state index in [0.29, 0.717) is 30.0 Å². The van der Waals surface area contributed by atoms with E-state index in [0.717, 1.165) is 23.4 Å². The normalized spacial score (nSPS) is 11.0. The summed E-state index contributed by atoms with van der Waals surface area (Å²) in [5.41, 5.74) is 2.10. The zero-order chi connectivity index (χ0) is 17.6. The molecule has 3 rings (SSSR count). The molecule has 130 valence electrons. The minimum Gasteiger partial charge on any atom is -0.492 e. The lowest BCUT2D eigenvalue weighted by Crippen LogP contribution is -2.24. The van der Waals surface area contributed by atoms with Crippen molar-refractivity contribution in [1.29, 1.82) is 0 Å². The average molecular weight is 358 g/mol. The van der Waals surface area contributed by atoms with Crippen LogP contribution in [0.25, 0.3) is 11.5 Å². The summed E-state index contributed by atoms with van der Waals surface area (Å²) >= 11 is 5.85. The monoisotopic (exact) mass is 357 g/mol. The van der Waals surface area contributed by atoms with E-state index in [2.05, 4.69) is 15.1 Å². The number of benzene rings is 2. The minimum absolute atomic E-state index is 0.546. The molecular formula is C19H20ClN3O2. The first-order chi connectivity index (χ1) is 12.1. The van der Waals surface area contributed by atoms with Gasteiger partial charge in [-0.25, -0.2) is 0 Å². The van der Waals surface area contributed by atoms with Crippen LogP contribution in [-0.2, 0) is 6.54 Å². The largest absolute Gasteiger partial charge is 0.492 e. The first kappa shape index (κ1) is 17.5. The first-order valence-corrected chi connectivity index (χ1v) is 8.44. The van der Waals surface area contributed by atoms with Gasteiger partial charge in [-0.3, -0.25) is 4.90 Å². The standard InChI is InChI=1S/C19H20ClN3O2/c1-14-4-3-5-15(12-14)19-22-21-18(25-19)13-23(2)10-11-24-17-8-6-16(20)7-9-17/h3-9,12H,10-11,13H2,1-2H3. The average Bonchev–Trinajstić information content (AvgIpc) is 3.05. The van der Waals surface area contributed by atoms with Gasteiger partial charge in [-0.2, -0.15) is 0 Å². The Labute approximate surface area is 152 Å². The van der Waals surface area contributed by atoms with Crippen LogP contribution in [0.15, 0.2) is 52.9 Å². The molecule has 0 amide bonds. The lowest BCUT2D eigenvalue weighted by atomic mass is 10.1. The highest BCUT2D eigenvalue weighted by molar-refractivity contribution is 6.30. The lowest BCUT2D eigenvalue weighted by Gasteiger charge is -2.14. The number of likely N-dealkylation sites (N-methyl/N-ethyl adjacent to an activating group) is 1. The second-order valence-electron chi connectivity index (χ2n) is 5.91. The second kappa shape index (κ2) is 8.14. The van der Waals surface area contributed by atoms with Gasteiger partial charge in [0, 0.05) is 17.1 Å². The smallest absolute Gasteiger partial charge is 0.247 e. The van der Waals surface area contributed by atoms with Gasteiger partial charge in [0.25, 0.3) is 0 Å². The molecule has 0 radical (unpaired) electrons. The number of hydrogen-bond acceptors (Lipinski definition) is 5. The van der Waals surface area contributed by atoms with Crippen molar-refractivity contribution in [3.63, 3.8) is 0 Å². The molecule has 0 saturated carbocycles. The topological polar surface area (TPSA) is 51.4 Å². The number of rotatable bonds is 7. The Kier molecular flexibility index (Phi) is 5.68. The maximum absolute atomic E-state index is 5.85. The van der Waals surface area contributed by atoms with Gasteiger partial charge in [-0.15, -0.1) is 10.2 Å². The molecule has 0 aliphatic rings. The second-order valence-corrected chi connectivity index (χ2v) is 6.35. The van der Waals surface area contributed by atoms with Gasteiger partial charge in [-0.1, -0.05) is 29.3 Å². The third-order valence-corrected chi connectivity index (χ3v) is 3.94. The van der Waals surface area contributed by atoms with Crippen LogP contribution in [0.5, 0.6) is 5.75 Å². The van der Waals surface area contributed by atoms with Crippen molar-refractivity contribution in [3.8, 4) is 17.2 Å². The Balaban J connectivity index is 1.49. The predicted octanol–water partition coefficient (Wildman–Crippen LogP) is 4.21. The van der Waals surface area contributed by atoms with Crippen LogP contribution in [0.1, 0.15) is 11.5 Å². The van der Waals surface area contributed by atoms with E-state index >= 15 is 0 Å². The van der Waals surface area contributed by atoms with E-state index in [4.69, 9.17) is 20.8 Å². The molecule has 0 spiro atoms. The Bertz CT molecular complexity index is 818. The van der Waals surface area contributed by atoms with Crippen LogP contribution in [-0.4, -0.2) is 35.3 Å². The molecule has 1 heterocycles. The van der Waals surface area contributed by atoms with E-state index in [9.17, 15) is 0 Å². The molecule has 0 atom stereocenters. The quantitative estimate of drug-likeness (QED) is 0.634. The number of aryl methyl sites for hydroxylation is 1. The van der Waals surface area contributed by atoms with Crippen LogP contribution in [0.3, 0.4) is 0 Å². The molecule has 2 aromatic carbocycles. The van der Waals surface area contributed by atoms with Crippen LogP contribution in [0.2, 0.25) is 5.02 Å². The summed E-state index contributed by atoms with van der Waals surface area (Å²) in [5.74, 6) is 1.94.